The van der Waals surface area contributed by atoms with E-state index in [1.807, 2.05) is 24.4 Å². The molecule has 5 heteroatoms. The van der Waals surface area contributed by atoms with Gasteiger partial charge in [0.05, 0.1) is 40.1 Å². The molecule has 0 bridgehead atoms. The van der Waals surface area contributed by atoms with E-state index >= 15 is 0 Å². The molecule has 26 heavy (non-hydrogen) atoms. The fraction of sp³-hybridized carbons (Fsp3) is 0.333. The molecule has 2 heterocycles. The minimum atomic E-state index is 0.236. The van der Waals surface area contributed by atoms with Crippen molar-refractivity contribution < 1.29 is 18.9 Å². The molecule has 0 saturated carbocycles. The predicted molar refractivity (Wildman–Crippen MR) is 101 cm³/mol. The Hall–Kier alpha value is -2.50. The number of ether oxygens (including phenoxy) is 4. The van der Waals surface area contributed by atoms with Crippen LogP contribution < -0.4 is 9.47 Å². The summed E-state index contributed by atoms with van der Waals surface area (Å²) in [7, 11) is 1.67. The van der Waals surface area contributed by atoms with Gasteiger partial charge >= 0.3 is 0 Å². The van der Waals surface area contributed by atoms with Crippen LogP contribution in [0.25, 0.3) is 22.0 Å². The quantitative estimate of drug-likeness (QED) is 0.756. The molecule has 0 aliphatic carbocycles. The van der Waals surface area contributed by atoms with Crippen molar-refractivity contribution in [3.05, 3.63) is 48.7 Å². The molecule has 1 fully saturated rings. The fourth-order valence-corrected chi connectivity index (χ4v) is 3.24. The van der Waals surface area contributed by atoms with Gasteiger partial charge in [-0.3, -0.25) is 0 Å². The van der Waals surface area contributed by atoms with Crippen molar-refractivity contribution in [1.29, 1.82) is 0 Å². The number of benzene rings is 2. The maximum Gasteiger partial charge on any atom is 0.123 e. The van der Waals surface area contributed by atoms with Gasteiger partial charge in [0.15, 0.2) is 0 Å². The molecule has 1 aliphatic heterocycles. The van der Waals surface area contributed by atoms with Gasteiger partial charge in [0, 0.05) is 29.1 Å². The molecule has 4 rings (SSSR count). The zero-order valence-corrected chi connectivity index (χ0v) is 14.9. The van der Waals surface area contributed by atoms with Crippen molar-refractivity contribution in [2.75, 3.05) is 40.1 Å². The third kappa shape index (κ3) is 3.69. The highest BCUT2D eigenvalue weighted by Crippen LogP contribution is 2.34. The Kier molecular flexibility index (Phi) is 5.09. The second-order valence-corrected chi connectivity index (χ2v) is 6.47. The summed E-state index contributed by atoms with van der Waals surface area (Å²) in [6, 6.07) is 14.3. The summed E-state index contributed by atoms with van der Waals surface area (Å²) < 4.78 is 22.6. The molecule has 3 aromatic rings. The number of nitrogens with one attached hydrogen (secondary N) is 1. The van der Waals surface area contributed by atoms with Gasteiger partial charge in [0.25, 0.3) is 0 Å². The second-order valence-electron chi connectivity index (χ2n) is 6.47. The van der Waals surface area contributed by atoms with Crippen LogP contribution >= 0.6 is 0 Å². The first-order chi connectivity index (χ1) is 12.8. The summed E-state index contributed by atoms with van der Waals surface area (Å²) in [6.45, 7) is 3.20. The molecule has 0 radical (unpaired) electrons. The van der Waals surface area contributed by atoms with Crippen LogP contribution in [0.5, 0.6) is 11.5 Å². The molecule has 0 spiro atoms. The lowest BCUT2D eigenvalue weighted by Gasteiger charge is -2.16. The molecule has 1 N–H and O–H groups in total. The molecule has 2 aromatic carbocycles. The van der Waals surface area contributed by atoms with Gasteiger partial charge in [-0.1, -0.05) is 12.1 Å². The Bertz CT molecular complexity index is 865. The molecule has 1 aromatic heterocycles. The zero-order valence-electron chi connectivity index (χ0n) is 14.9. The highest BCUT2D eigenvalue weighted by molar-refractivity contribution is 5.95. The number of aromatic nitrogens is 1. The number of fused-ring (bicyclic) bond motifs is 1. The van der Waals surface area contributed by atoms with Gasteiger partial charge in [0.1, 0.15) is 11.5 Å². The van der Waals surface area contributed by atoms with Crippen molar-refractivity contribution in [3.8, 4) is 22.6 Å². The van der Waals surface area contributed by atoms with Gasteiger partial charge in [-0.25, -0.2) is 0 Å². The van der Waals surface area contributed by atoms with Crippen LogP contribution in [0.15, 0.2) is 48.7 Å². The van der Waals surface area contributed by atoms with E-state index < -0.39 is 0 Å². The highest BCUT2D eigenvalue weighted by atomic mass is 16.5. The summed E-state index contributed by atoms with van der Waals surface area (Å²) >= 11 is 0. The molecule has 0 amide bonds. The van der Waals surface area contributed by atoms with E-state index in [-0.39, 0.29) is 5.92 Å². The van der Waals surface area contributed by atoms with E-state index in [9.17, 15) is 0 Å². The Morgan fingerprint density at radius 2 is 1.85 bits per heavy atom. The third-order valence-corrected chi connectivity index (χ3v) is 4.59. The zero-order chi connectivity index (χ0) is 17.8. The average molecular weight is 353 g/mol. The van der Waals surface area contributed by atoms with Gasteiger partial charge in [-0.05, 0) is 35.4 Å². The van der Waals surface area contributed by atoms with Gasteiger partial charge < -0.3 is 23.9 Å². The number of methoxy groups -OCH3 is 1. The lowest BCUT2D eigenvalue weighted by Crippen LogP contribution is -2.20. The number of hydrogen-bond donors (Lipinski definition) is 1. The average Bonchev–Trinajstić information content (AvgIpc) is 3.01. The largest absolute Gasteiger partial charge is 0.497 e. The normalized spacial score (nSPS) is 15.7. The third-order valence-electron chi connectivity index (χ3n) is 4.59. The topological polar surface area (TPSA) is 52.7 Å². The summed E-state index contributed by atoms with van der Waals surface area (Å²) in [5.74, 6) is 1.80. The SMILES string of the molecule is COc1cc(OCC2COCCOC2)cc(-c2cccc3[nH]ccc23)c1. The maximum atomic E-state index is 6.05. The Balaban J connectivity index is 1.60. The van der Waals surface area contributed by atoms with E-state index in [4.69, 9.17) is 18.9 Å². The summed E-state index contributed by atoms with van der Waals surface area (Å²) in [5.41, 5.74) is 3.33. The fourth-order valence-electron chi connectivity index (χ4n) is 3.24. The summed E-state index contributed by atoms with van der Waals surface area (Å²) in [5, 5.41) is 1.18. The number of H-pyrrole nitrogens is 1. The molecule has 0 atom stereocenters. The van der Waals surface area contributed by atoms with E-state index in [0.717, 1.165) is 28.1 Å². The Labute approximate surface area is 152 Å². The first kappa shape index (κ1) is 16.9. The lowest BCUT2D eigenvalue weighted by atomic mass is 10.0. The van der Waals surface area contributed by atoms with Crippen LogP contribution in [0, 0.1) is 5.92 Å². The van der Waals surface area contributed by atoms with Gasteiger partial charge in [0.2, 0.25) is 0 Å². The first-order valence-electron chi connectivity index (χ1n) is 8.87. The molecular weight excluding hydrogens is 330 g/mol. The molecule has 1 aliphatic rings. The van der Waals surface area contributed by atoms with E-state index in [2.05, 4.69) is 29.2 Å². The number of rotatable bonds is 5. The van der Waals surface area contributed by atoms with Crippen molar-refractivity contribution in [2.24, 2.45) is 5.92 Å². The predicted octanol–water partition coefficient (Wildman–Crippen LogP) is 3.89. The molecule has 136 valence electrons. The Morgan fingerprint density at radius 3 is 2.65 bits per heavy atom. The Morgan fingerprint density at radius 1 is 1.04 bits per heavy atom. The van der Waals surface area contributed by atoms with E-state index in [1.165, 1.54) is 5.39 Å². The second kappa shape index (κ2) is 7.81. The van der Waals surface area contributed by atoms with Crippen LogP contribution in [0.1, 0.15) is 0 Å². The molecule has 1 saturated heterocycles. The minimum absolute atomic E-state index is 0.236. The maximum absolute atomic E-state index is 6.05. The van der Waals surface area contributed by atoms with E-state index in [0.29, 0.717) is 33.0 Å². The minimum Gasteiger partial charge on any atom is -0.497 e. The number of aromatic amines is 1. The molecule has 5 nitrogen and oxygen atoms in total. The van der Waals surface area contributed by atoms with Gasteiger partial charge in [-0.2, -0.15) is 0 Å². The summed E-state index contributed by atoms with van der Waals surface area (Å²) in [6.07, 6.45) is 1.96. The standard InChI is InChI=1S/C21H23NO4/c1-23-17-9-16(19-3-2-4-21-20(19)5-6-22-21)10-18(11-17)26-14-15-12-24-7-8-25-13-15/h2-6,9-11,15,22H,7-8,12-14H2,1H3. The van der Waals surface area contributed by atoms with Crippen LogP contribution in [-0.4, -0.2) is 45.1 Å². The monoisotopic (exact) mass is 353 g/mol. The van der Waals surface area contributed by atoms with E-state index in [1.54, 1.807) is 7.11 Å². The van der Waals surface area contributed by atoms with Crippen molar-refractivity contribution in [3.63, 3.8) is 0 Å². The lowest BCUT2D eigenvalue weighted by molar-refractivity contribution is 0.101. The highest BCUT2D eigenvalue weighted by Gasteiger charge is 2.15. The molecular formula is C21H23NO4. The van der Waals surface area contributed by atoms with Crippen molar-refractivity contribution in [1.82, 2.24) is 4.98 Å². The molecule has 0 unspecified atom stereocenters. The van der Waals surface area contributed by atoms with Crippen LogP contribution in [0.2, 0.25) is 0 Å². The summed E-state index contributed by atoms with van der Waals surface area (Å²) in [4.78, 5) is 3.26. The van der Waals surface area contributed by atoms with Crippen LogP contribution in [-0.2, 0) is 9.47 Å². The smallest absolute Gasteiger partial charge is 0.123 e. The van der Waals surface area contributed by atoms with Crippen LogP contribution in [0.3, 0.4) is 0 Å². The van der Waals surface area contributed by atoms with Gasteiger partial charge in [-0.15, -0.1) is 0 Å². The first-order valence-corrected chi connectivity index (χ1v) is 8.87. The van der Waals surface area contributed by atoms with Crippen molar-refractivity contribution in [2.45, 2.75) is 0 Å². The van der Waals surface area contributed by atoms with Crippen molar-refractivity contribution >= 4 is 10.9 Å². The van der Waals surface area contributed by atoms with Crippen LogP contribution in [0.4, 0.5) is 0 Å². The number of hydrogen-bond acceptors (Lipinski definition) is 4.